The van der Waals surface area contributed by atoms with E-state index in [9.17, 15) is 22.8 Å². The number of halogens is 3. The Hall–Kier alpha value is -2.71. The van der Waals surface area contributed by atoms with Crippen LogP contribution in [0.4, 0.5) is 23.8 Å². The van der Waals surface area contributed by atoms with Gasteiger partial charge in [0.1, 0.15) is 18.0 Å². The van der Waals surface area contributed by atoms with E-state index in [4.69, 9.17) is 19.9 Å². The van der Waals surface area contributed by atoms with E-state index in [0.29, 0.717) is 32.3 Å². The maximum absolute atomic E-state index is 11.9. The maximum Gasteiger partial charge on any atom is 0.434 e. The van der Waals surface area contributed by atoms with Crippen LogP contribution in [0.15, 0.2) is 12.4 Å². The average Bonchev–Trinajstić information content (AvgIpc) is 3.14. The molecule has 3 unspecified atom stereocenters. The van der Waals surface area contributed by atoms with Crippen LogP contribution in [0.2, 0.25) is 0 Å². The lowest BCUT2D eigenvalue weighted by atomic mass is 10.0. The first-order valence-electron chi connectivity index (χ1n) is 11.6. The van der Waals surface area contributed by atoms with E-state index in [1.165, 1.54) is 7.11 Å². The van der Waals surface area contributed by atoms with Crippen molar-refractivity contribution in [1.82, 2.24) is 20.6 Å². The Bertz CT molecular complexity index is 858. The van der Waals surface area contributed by atoms with E-state index in [2.05, 4.69) is 25.3 Å². The standard InChI is InChI=1S/C17H30N2O6.C5H4F3N3/c1-17(2)24-12-8-10-23-13(15(12)25-17)11-19-16(21)18-9-6-4-5-7-14(20)22-3;6-5(7,8)3-1-10-2-4(9)11-3/h12-13,15H,4-11H2,1-3H3,(H2,18,19,21);1-2H,(H2,9,11). The molecule has 2 aliphatic heterocycles. The lowest BCUT2D eigenvalue weighted by Crippen LogP contribution is -2.50. The topological polar surface area (TPSA) is 147 Å². The highest BCUT2D eigenvalue weighted by atomic mass is 19.4. The van der Waals surface area contributed by atoms with Crippen LogP contribution in [0, 0.1) is 0 Å². The van der Waals surface area contributed by atoms with Crippen LogP contribution in [0.25, 0.3) is 0 Å². The van der Waals surface area contributed by atoms with Crippen molar-refractivity contribution in [2.45, 2.75) is 76.2 Å². The van der Waals surface area contributed by atoms with Gasteiger partial charge in [-0.15, -0.1) is 0 Å². The second kappa shape index (κ2) is 13.6. The van der Waals surface area contributed by atoms with Crippen LogP contribution < -0.4 is 16.4 Å². The lowest BCUT2D eigenvalue weighted by Gasteiger charge is -2.31. The molecule has 3 rings (SSSR count). The van der Waals surface area contributed by atoms with Crippen molar-refractivity contribution in [1.29, 1.82) is 0 Å². The summed E-state index contributed by atoms with van der Waals surface area (Å²) in [4.78, 5) is 29.1. The Morgan fingerprint density at radius 2 is 1.94 bits per heavy atom. The van der Waals surface area contributed by atoms with Crippen LogP contribution in [0.1, 0.15) is 51.6 Å². The molecule has 1 aromatic rings. The first-order valence-corrected chi connectivity index (χ1v) is 11.6. The number of ether oxygens (including phenoxy) is 4. The zero-order chi connectivity index (χ0) is 26.8. The van der Waals surface area contributed by atoms with Gasteiger partial charge >= 0.3 is 18.2 Å². The molecule has 0 radical (unpaired) electrons. The number of fused-ring (bicyclic) bond motifs is 1. The highest BCUT2D eigenvalue weighted by molar-refractivity contribution is 5.73. The smallest absolute Gasteiger partial charge is 0.434 e. The Morgan fingerprint density at radius 3 is 2.58 bits per heavy atom. The molecule has 2 aliphatic rings. The fourth-order valence-electron chi connectivity index (χ4n) is 3.66. The van der Waals surface area contributed by atoms with Crippen molar-refractivity contribution in [2.75, 3.05) is 32.5 Å². The molecule has 3 heterocycles. The zero-order valence-corrected chi connectivity index (χ0v) is 20.6. The summed E-state index contributed by atoms with van der Waals surface area (Å²) >= 11 is 0. The highest BCUT2D eigenvalue weighted by Gasteiger charge is 2.47. The number of hydrogen-bond donors (Lipinski definition) is 3. The molecule has 2 fully saturated rings. The van der Waals surface area contributed by atoms with Gasteiger partial charge in [0.15, 0.2) is 11.5 Å². The number of unbranched alkanes of at least 4 members (excludes halogenated alkanes) is 2. The van der Waals surface area contributed by atoms with Crippen molar-refractivity contribution in [3.05, 3.63) is 18.1 Å². The van der Waals surface area contributed by atoms with Gasteiger partial charge in [-0.2, -0.15) is 13.2 Å². The highest BCUT2D eigenvalue weighted by Crippen LogP contribution is 2.35. The average molecular weight is 522 g/mol. The summed E-state index contributed by atoms with van der Waals surface area (Å²) in [7, 11) is 1.39. The fourth-order valence-corrected chi connectivity index (χ4v) is 3.66. The summed E-state index contributed by atoms with van der Waals surface area (Å²) in [5, 5.41) is 5.63. The van der Waals surface area contributed by atoms with E-state index in [1.807, 2.05) is 13.8 Å². The molecular formula is C22H34F3N5O6. The van der Waals surface area contributed by atoms with Gasteiger partial charge in [0, 0.05) is 26.1 Å². The predicted octanol–water partition coefficient (Wildman–Crippen LogP) is 2.41. The number of aromatic nitrogens is 2. The van der Waals surface area contributed by atoms with E-state index in [1.54, 1.807) is 0 Å². The van der Waals surface area contributed by atoms with E-state index < -0.39 is 17.7 Å². The largest absolute Gasteiger partial charge is 0.469 e. The van der Waals surface area contributed by atoms with Gasteiger partial charge in [-0.25, -0.2) is 9.78 Å². The van der Waals surface area contributed by atoms with Gasteiger partial charge < -0.3 is 35.3 Å². The molecule has 0 spiro atoms. The third-order valence-corrected chi connectivity index (χ3v) is 5.30. The summed E-state index contributed by atoms with van der Waals surface area (Å²) in [6.07, 6.45) is 0.550. The Morgan fingerprint density at radius 1 is 1.19 bits per heavy atom. The van der Waals surface area contributed by atoms with Gasteiger partial charge in [-0.1, -0.05) is 6.42 Å². The molecule has 0 aromatic carbocycles. The molecule has 2 saturated heterocycles. The number of carbonyl (C=O) groups excluding carboxylic acids is 2. The number of hydrogen-bond acceptors (Lipinski definition) is 9. The second-order valence-electron chi connectivity index (χ2n) is 8.69. The molecule has 0 aliphatic carbocycles. The van der Waals surface area contributed by atoms with E-state index >= 15 is 0 Å². The molecule has 0 bridgehead atoms. The van der Waals surface area contributed by atoms with Crippen molar-refractivity contribution < 1.29 is 41.7 Å². The number of esters is 1. The summed E-state index contributed by atoms with van der Waals surface area (Å²) < 4.78 is 57.5. The Labute approximate surface area is 207 Å². The zero-order valence-electron chi connectivity index (χ0n) is 20.6. The third-order valence-electron chi connectivity index (χ3n) is 5.30. The molecule has 11 nitrogen and oxygen atoms in total. The molecule has 204 valence electrons. The predicted molar refractivity (Wildman–Crippen MR) is 122 cm³/mol. The minimum atomic E-state index is -4.47. The normalized spacial score (nSPS) is 22.6. The van der Waals surface area contributed by atoms with Gasteiger partial charge in [0.05, 0.1) is 25.6 Å². The molecule has 36 heavy (non-hydrogen) atoms. The number of alkyl halides is 3. The summed E-state index contributed by atoms with van der Waals surface area (Å²) in [5.74, 6) is -1.04. The number of carbonyl (C=O) groups is 2. The number of urea groups is 1. The maximum atomic E-state index is 11.9. The summed E-state index contributed by atoms with van der Waals surface area (Å²) in [6, 6.07) is -0.225. The van der Waals surface area contributed by atoms with Crippen molar-refractivity contribution in [3.8, 4) is 0 Å². The molecule has 2 amide bonds. The van der Waals surface area contributed by atoms with Crippen LogP contribution in [-0.2, 0) is 29.9 Å². The molecule has 1 aromatic heterocycles. The van der Waals surface area contributed by atoms with Crippen LogP contribution in [0.3, 0.4) is 0 Å². The number of nitrogens with one attached hydrogen (secondary N) is 2. The molecular weight excluding hydrogens is 487 g/mol. The quantitative estimate of drug-likeness (QED) is 0.347. The number of nitrogens with zero attached hydrogens (tertiary/aromatic N) is 2. The van der Waals surface area contributed by atoms with E-state index in [0.717, 1.165) is 31.9 Å². The third kappa shape index (κ3) is 10.1. The van der Waals surface area contributed by atoms with Gasteiger partial charge in [-0.05, 0) is 33.1 Å². The van der Waals surface area contributed by atoms with Gasteiger partial charge in [-0.3, -0.25) is 9.78 Å². The van der Waals surface area contributed by atoms with Gasteiger partial charge in [0.25, 0.3) is 0 Å². The SMILES string of the molecule is COC(=O)CCCCCNC(=O)NCC1OCCC2OC(C)(C)OC12.Nc1cncc(C(F)(F)F)n1. The summed E-state index contributed by atoms with van der Waals surface area (Å²) in [6.45, 7) is 5.34. The van der Waals surface area contributed by atoms with Crippen LogP contribution >= 0.6 is 0 Å². The number of methoxy groups -OCH3 is 1. The van der Waals surface area contributed by atoms with E-state index in [-0.39, 0.29) is 36.1 Å². The first kappa shape index (κ1) is 29.5. The number of rotatable bonds is 8. The lowest BCUT2D eigenvalue weighted by molar-refractivity contribution is -0.153. The van der Waals surface area contributed by atoms with Crippen LogP contribution in [0.5, 0.6) is 0 Å². The van der Waals surface area contributed by atoms with Crippen LogP contribution in [-0.4, -0.2) is 72.9 Å². The Balaban J connectivity index is 0.000000346. The minimum absolute atomic E-state index is 0.0217. The fraction of sp³-hybridized carbons (Fsp3) is 0.727. The number of nitrogen functional groups attached to an aromatic ring is 1. The molecule has 4 N–H and O–H groups in total. The molecule has 3 atom stereocenters. The number of anilines is 1. The molecule has 0 saturated carbocycles. The monoisotopic (exact) mass is 521 g/mol. The first-order chi connectivity index (χ1) is 16.9. The van der Waals surface area contributed by atoms with Crippen molar-refractivity contribution in [2.24, 2.45) is 0 Å². The second-order valence-corrected chi connectivity index (χ2v) is 8.69. The minimum Gasteiger partial charge on any atom is -0.469 e. The number of amides is 2. The Kier molecular flexibility index (Phi) is 11.1. The van der Waals surface area contributed by atoms with Crippen molar-refractivity contribution >= 4 is 17.8 Å². The number of nitrogens with two attached hydrogens (primary N) is 1. The van der Waals surface area contributed by atoms with Gasteiger partial charge in [0.2, 0.25) is 0 Å². The summed E-state index contributed by atoms with van der Waals surface area (Å²) in [5.41, 5.74) is 3.91. The van der Waals surface area contributed by atoms with Crippen molar-refractivity contribution in [3.63, 3.8) is 0 Å². The molecule has 14 heteroatoms.